The van der Waals surface area contributed by atoms with Crippen LogP contribution in [-0.4, -0.2) is 44.7 Å². The molecule has 0 spiro atoms. The molecule has 150 valence electrons. The zero-order valence-corrected chi connectivity index (χ0v) is 16.9. The van der Waals surface area contributed by atoms with Crippen LogP contribution in [0.5, 0.6) is 11.5 Å². The van der Waals surface area contributed by atoms with Crippen molar-refractivity contribution in [1.82, 2.24) is 10.2 Å². The first-order chi connectivity index (χ1) is 13.9. The molecule has 0 fully saturated rings. The SMILES string of the molecule is COc1ccc(OC)c([C@@H]2NC(=O)N(C)C3=C2C(=O)N(c2ccc(C)cc2)C3)c1. The molecule has 0 aliphatic carbocycles. The van der Waals surface area contributed by atoms with E-state index in [0.29, 0.717) is 34.9 Å². The molecule has 0 radical (unpaired) electrons. The van der Waals surface area contributed by atoms with Gasteiger partial charge in [0, 0.05) is 18.3 Å². The topological polar surface area (TPSA) is 71.1 Å². The quantitative estimate of drug-likeness (QED) is 0.867. The van der Waals surface area contributed by atoms with E-state index in [1.165, 1.54) is 4.90 Å². The molecule has 1 N–H and O–H groups in total. The highest BCUT2D eigenvalue weighted by atomic mass is 16.5. The predicted molar refractivity (Wildman–Crippen MR) is 109 cm³/mol. The van der Waals surface area contributed by atoms with Gasteiger partial charge in [0.1, 0.15) is 11.5 Å². The number of aryl methyl sites for hydroxylation is 1. The van der Waals surface area contributed by atoms with E-state index >= 15 is 0 Å². The van der Waals surface area contributed by atoms with Crippen LogP contribution in [0, 0.1) is 6.92 Å². The van der Waals surface area contributed by atoms with Gasteiger partial charge in [-0.1, -0.05) is 17.7 Å². The second kappa shape index (κ2) is 7.16. The number of hydrogen-bond acceptors (Lipinski definition) is 4. The zero-order chi connectivity index (χ0) is 20.7. The van der Waals surface area contributed by atoms with Gasteiger partial charge in [-0.05, 0) is 37.3 Å². The number of rotatable bonds is 4. The Labute approximate surface area is 169 Å². The Morgan fingerprint density at radius 1 is 1.03 bits per heavy atom. The summed E-state index contributed by atoms with van der Waals surface area (Å²) in [6.45, 7) is 2.34. The van der Waals surface area contributed by atoms with Crippen LogP contribution in [-0.2, 0) is 4.79 Å². The van der Waals surface area contributed by atoms with Crippen molar-refractivity contribution in [2.45, 2.75) is 13.0 Å². The minimum absolute atomic E-state index is 0.134. The number of urea groups is 1. The van der Waals surface area contributed by atoms with Crippen LogP contribution < -0.4 is 19.7 Å². The lowest BCUT2D eigenvalue weighted by Gasteiger charge is -2.31. The number of ether oxygens (including phenoxy) is 2. The van der Waals surface area contributed by atoms with Gasteiger partial charge < -0.3 is 19.7 Å². The number of benzene rings is 2. The molecule has 2 heterocycles. The number of methoxy groups -OCH3 is 2. The van der Waals surface area contributed by atoms with Crippen LogP contribution >= 0.6 is 0 Å². The first kappa shape index (κ1) is 18.9. The van der Waals surface area contributed by atoms with E-state index in [2.05, 4.69) is 5.32 Å². The lowest BCUT2D eigenvalue weighted by Crippen LogP contribution is -2.45. The van der Waals surface area contributed by atoms with E-state index in [1.807, 2.05) is 31.2 Å². The molecule has 2 aromatic carbocycles. The maximum absolute atomic E-state index is 13.4. The van der Waals surface area contributed by atoms with Crippen molar-refractivity contribution in [3.63, 3.8) is 0 Å². The summed E-state index contributed by atoms with van der Waals surface area (Å²) in [4.78, 5) is 29.3. The van der Waals surface area contributed by atoms with E-state index in [4.69, 9.17) is 9.47 Å². The highest BCUT2D eigenvalue weighted by Gasteiger charge is 2.44. The van der Waals surface area contributed by atoms with E-state index in [1.54, 1.807) is 44.4 Å². The number of amides is 3. The first-order valence-corrected chi connectivity index (χ1v) is 9.32. The molecule has 2 aliphatic heterocycles. The largest absolute Gasteiger partial charge is 0.497 e. The van der Waals surface area contributed by atoms with Crippen LogP contribution in [0.25, 0.3) is 0 Å². The molecule has 0 saturated heterocycles. The zero-order valence-electron chi connectivity index (χ0n) is 16.9. The Balaban J connectivity index is 1.80. The van der Waals surface area contributed by atoms with Crippen molar-refractivity contribution in [3.05, 3.63) is 64.9 Å². The third kappa shape index (κ3) is 3.08. The molecule has 0 unspecified atom stereocenters. The van der Waals surface area contributed by atoms with E-state index in [0.717, 1.165) is 11.3 Å². The van der Waals surface area contributed by atoms with Gasteiger partial charge >= 0.3 is 6.03 Å². The van der Waals surface area contributed by atoms with Crippen molar-refractivity contribution in [2.24, 2.45) is 0 Å². The van der Waals surface area contributed by atoms with Crippen LogP contribution in [0.1, 0.15) is 17.2 Å². The molecule has 1 atom stereocenters. The Morgan fingerprint density at radius 2 is 1.76 bits per heavy atom. The van der Waals surface area contributed by atoms with Crippen molar-refractivity contribution in [2.75, 3.05) is 32.7 Å². The fourth-order valence-corrected chi connectivity index (χ4v) is 3.80. The standard InChI is InChI=1S/C22H23N3O4/c1-13-5-7-14(8-6-13)25-12-17-19(21(25)26)20(23-22(27)24(17)2)16-11-15(28-3)9-10-18(16)29-4/h5-11,20H,12H2,1-4H3,(H,23,27)/t20-/m0/s1. The maximum Gasteiger partial charge on any atom is 0.322 e. The smallest absolute Gasteiger partial charge is 0.322 e. The summed E-state index contributed by atoms with van der Waals surface area (Å²) in [6, 6.07) is 12.2. The van der Waals surface area contributed by atoms with Gasteiger partial charge in [-0.2, -0.15) is 0 Å². The molecule has 7 nitrogen and oxygen atoms in total. The molecular weight excluding hydrogens is 370 g/mol. The van der Waals surface area contributed by atoms with Crippen molar-refractivity contribution < 1.29 is 19.1 Å². The van der Waals surface area contributed by atoms with Gasteiger partial charge in [0.25, 0.3) is 5.91 Å². The van der Waals surface area contributed by atoms with Gasteiger partial charge in [-0.25, -0.2) is 4.79 Å². The molecule has 4 rings (SSSR count). The number of anilines is 1. The number of nitrogens with zero attached hydrogens (tertiary/aromatic N) is 2. The molecule has 29 heavy (non-hydrogen) atoms. The third-order valence-corrected chi connectivity index (χ3v) is 5.45. The lowest BCUT2D eigenvalue weighted by molar-refractivity contribution is -0.114. The predicted octanol–water partition coefficient (Wildman–Crippen LogP) is 3.01. The fourth-order valence-electron chi connectivity index (χ4n) is 3.80. The van der Waals surface area contributed by atoms with Crippen LogP contribution in [0.2, 0.25) is 0 Å². The summed E-state index contributed by atoms with van der Waals surface area (Å²) in [5.74, 6) is 1.07. The number of nitrogens with one attached hydrogen (secondary N) is 1. The van der Waals surface area contributed by atoms with Crippen molar-refractivity contribution in [3.8, 4) is 11.5 Å². The third-order valence-electron chi connectivity index (χ3n) is 5.45. The van der Waals surface area contributed by atoms with E-state index in [9.17, 15) is 9.59 Å². The second-order valence-corrected chi connectivity index (χ2v) is 7.14. The molecule has 3 amide bonds. The normalized spacial score (nSPS) is 18.7. The van der Waals surface area contributed by atoms with Gasteiger partial charge in [0.15, 0.2) is 0 Å². The average Bonchev–Trinajstić information content (AvgIpc) is 3.08. The minimum atomic E-state index is -0.623. The number of carbonyl (C=O) groups is 2. The molecule has 0 saturated carbocycles. The molecule has 0 aromatic heterocycles. The summed E-state index contributed by atoms with van der Waals surface area (Å²) >= 11 is 0. The van der Waals surface area contributed by atoms with Gasteiger partial charge in [0.05, 0.1) is 38.1 Å². The molecule has 2 aromatic rings. The number of hydrogen-bond donors (Lipinski definition) is 1. The average molecular weight is 393 g/mol. The van der Waals surface area contributed by atoms with Gasteiger partial charge in [-0.15, -0.1) is 0 Å². The Kier molecular flexibility index (Phi) is 4.66. The lowest BCUT2D eigenvalue weighted by atomic mass is 9.94. The maximum atomic E-state index is 13.4. The summed E-state index contributed by atoms with van der Waals surface area (Å²) in [7, 11) is 4.81. The Morgan fingerprint density at radius 3 is 2.41 bits per heavy atom. The second-order valence-electron chi connectivity index (χ2n) is 7.14. The highest BCUT2D eigenvalue weighted by molar-refractivity contribution is 6.11. The van der Waals surface area contributed by atoms with Crippen LogP contribution in [0.4, 0.5) is 10.5 Å². The summed E-state index contributed by atoms with van der Waals surface area (Å²) in [6.07, 6.45) is 0. The fraction of sp³-hybridized carbons (Fsp3) is 0.273. The molecule has 2 aliphatic rings. The number of carbonyl (C=O) groups excluding carboxylic acids is 2. The first-order valence-electron chi connectivity index (χ1n) is 9.32. The van der Waals surface area contributed by atoms with E-state index < -0.39 is 6.04 Å². The van der Waals surface area contributed by atoms with Gasteiger partial charge in [0.2, 0.25) is 0 Å². The summed E-state index contributed by atoms with van der Waals surface area (Å²) in [5.41, 5.74) is 3.83. The van der Waals surface area contributed by atoms with Crippen LogP contribution in [0.15, 0.2) is 53.7 Å². The Bertz CT molecular complexity index is 1010. The molecule has 0 bridgehead atoms. The molecular formula is C22H23N3O4. The van der Waals surface area contributed by atoms with Crippen molar-refractivity contribution in [1.29, 1.82) is 0 Å². The van der Waals surface area contributed by atoms with E-state index in [-0.39, 0.29) is 11.9 Å². The monoisotopic (exact) mass is 393 g/mol. The summed E-state index contributed by atoms with van der Waals surface area (Å²) in [5, 5.41) is 2.94. The van der Waals surface area contributed by atoms with Gasteiger partial charge in [-0.3, -0.25) is 9.69 Å². The summed E-state index contributed by atoms with van der Waals surface area (Å²) < 4.78 is 10.8. The molecule has 7 heteroatoms. The van der Waals surface area contributed by atoms with Crippen LogP contribution in [0.3, 0.4) is 0 Å². The van der Waals surface area contributed by atoms with Crippen molar-refractivity contribution >= 4 is 17.6 Å². The Hall–Kier alpha value is -3.48. The number of likely N-dealkylation sites (N-methyl/N-ethyl adjacent to an activating group) is 1. The highest BCUT2D eigenvalue weighted by Crippen LogP contribution is 2.41. The minimum Gasteiger partial charge on any atom is -0.497 e.